The van der Waals surface area contributed by atoms with Crippen molar-refractivity contribution >= 4 is 11.7 Å². The summed E-state index contributed by atoms with van der Waals surface area (Å²) in [4.78, 5) is 11.8. The molecule has 0 atom stereocenters. The summed E-state index contributed by atoms with van der Waals surface area (Å²) in [5, 5.41) is 25.7. The maximum Gasteiger partial charge on any atom is 0.273 e. The van der Waals surface area contributed by atoms with E-state index in [1.807, 2.05) is 31.3 Å². The van der Waals surface area contributed by atoms with E-state index in [1.54, 1.807) is 17.9 Å². The van der Waals surface area contributed by atoms with Gasteiger partial charge in [0.15, 0.2) is 11.5 Å². The number of nitrogens with zero attached hydrogens (tertiary/aromatic N) is 7. The molecule has 0 aliphatic carbocycles. The first-order chi connectivity index (χ1) is 11.6. The fraction of sp³-hybridized carbons (Fsp3) is 0.286. The first-order valence-corrected chi connectivity index (χ1v) is 7.36. The molecule has 3 heterocycles. The normalized spacial score (nSPS) is 10.6. The second-order valence-corrected chi connectivity index (χ2v) is 5.14. The molecule has 0 radical (unpaired) electrons. The maximum atomic E-state index is 11.8. The molecule has 0 saturated heterocycles. The van der Waals surface area contributed by atoms with Gasteiger partial charge in [0.2, 0.25) is 0 Å². The van der Waals surface area contributed by atoms with Crippen molar-refractivity contribution in [3.63, 3.8) is 0 Å². The van der Waals surface area contributed by atoms with Crippen LogP contribution >= 0.6 is 0 Å². The Balaban J connectivity index is 1.46. The van der Waals surface area contributed by atoms with Crippen molar-refractivity contribution in [2.45, 2.75) is 6.92 Å². The molecule has 0 aliphatic rings. The Morgan fingerprint density at radius 2 is 2.04 bits per heavy atom. The summed E-state index contributed by atoms with van der Waals surface area (Å²) in [6.45, 7) is 2.85. The van der Waals surface area contributed by atoms with Crippen molar-refractivity contribution in [2.75, 3.05) is 18.4 Å². The van der Waals surface area contributed by atoms with Crippen molar-refractivity contribution in [1.29, 1.82) is 0 Å². The number of carbonyl (C=O) groups excluding carboxylic acids is 1. The molecular weight excluding hydrogens is 310 g/mol. The third-order valence-electron chi connectivity index (χ3n) is 3.16. The minimum atomic E-state index is -0.264. The van der Waals surface area contributed by atoms with Crippen LogP contribution < -0.4 is 10.6 Å². The lowest BCUT2D eigenvalue weighted by atomic mass is 10.4. The number of carbonyl (C=O) groups is 1. The summed E-state index contributed by atoms with van der Waals surface area (Å²) >= 11 is 0. The molecular formula is C14H17N9O. The van der Waals surface area contributed by atoms with Crippen LogP contribution in [0, 0.1) is 6.92 Å². The van der Waals surface area contributed by atoms with Crippen LogP contribution in [-0.2, 0) is 7.05 Å². The Kier molecular flexibility index (Phi) is 4.45. The Bertz CT molecular complexity index is 821. The van der Waals surface area contributed by atoms with Crippen molar-refractivity contribution in [3.05, 3.63) is 42.0 Å². The molecule has 0 bridgehead atoms. The van der Waals surface area contributed by atoms with E-state index < -0.39 is 0 Å². The van der Waals surface area contributed by atoms with E-state index in [9.17, 15) is 4.79 Å². The van der Waals surface area contributed by atoms with Crippen molar-refractivity contribution in [3.8, 4) is 5.82 Å². The highest BCUT2D eigenvalue weighted by Gasteiger charge is 2.08. The SMILES string of the molecule is Cc1ccn(-c2ccc(NCCNC(=O)c3cn(C)nn3)nn2)n1. The molecule has 3 aromatic rings. The second kappa shape index (κ2) is 6.86. The summed E-state index contributed by atoms with van der Waals surface area (Å²) in [7, 11) is 1.71. The minimum Gasteiger partial charge on any atom is -0.367 e. The highest BCUT2D eigenvalue weighted by Crippen LogP contribution is 2.06. The topological polar surface area (TPSA) is 115 Å². The van der Waals surface area contributed by atoms with Gasteiger partial charge in [-0.25, -0.2) is 4.68 Å². The van der Waals surface area contributed by atoms with E-state index in [-0.39, 0.29) is 11.6 Å². The number of nitrogens with one attached hydrogen (secondary N) is 2. The Morgan fingerprint density at radius 1 is 1.17 bits per heavy atom. The third-order valence-corrected chi connectivity index (χ3v) is 3.16. The number of rotatable bonds is 6. The van der Waals surface area contributed by atoms with Crippen molar-refractivity contribution < 1.29 is 4.79 Å². The number of aromatic nitrogens is 7. The highest BCUT2D eigenvalue weighted by atomic mass is 16.2. The van der Waals surface area contributed by atoms with Gasteiger partial charge in [0.25, 0.3) is 5.91 Å². The number of amides is 1. The Labute approximate surface area is 137 Å². The van der Waals surface area contributed by atoms with Crippen molar-refractivity contribution in [2.24, 2.45) is 7.05 Å². The molecule has 24 heavy (non-hydrogen) atoms. The molecule has 1 amide bonds. The second-order valence-electron chi connectivity index (χ2n) is 5.14. The predicted octanol–water partition coefficient (Wildman–Crippen LogP) is -0.0589. The quantitative estimate of drug-likeness (QED) is 0.609. The molecule has 0 spiro atoms. The number of anilines is 1. The lowest BCUT2D eigenvalue weighted by molar-refractivity contribution is 0.0950. The summed E-state index contributed by atoms with van der Waals surface area (Å²) in [5.74, 6) is 1.00. The smallest absolute Gasteiger partial charge is 0.273 e. The van der Waals surface area contributed by atoms with Crippen LogP contribution in [0.15, 0.2) is 30.6 Å². The standard InChI is InChI=1S/C14H17N9O/c1-10-5-8-23(20-10)13-4-3-12(18-19-13)15-6-7-16-14(24)11-9-22(2)21-17-11/h3-5,8-9H,6-7H2,1-2H3,(H,15,18)(H,16,24). The van der Waals surface area contributed by atoms with Crippen LogP contribution in [0.25, 0.3) is 5.82 Å². The molecule has 3 aromatic heterocycles. The molecule has 10 nitrogen and oxygen atoms in total. The van der Waals surface area contributed by atoms with E-state index in [4.69, 9.17) is 0 Å². The highest BCUT2D eigenvalue weighted by molar-refractivity contribution is 5.91. The first kappa shape index (κ1) is 15.6. The molecule has 0 saturated carbocycles. The molecule has 0 aliphatic heterocycles. The zero-order valence-corrected chi connectivity index (χ0v) is 13.3. The third kappa shape index (κ3) is 3.72. The van der Waals surface area contributed by atoms with Crippen LogP contribution in [0.4, 0.5) is 5.82 Å². The lowest BCUT2D eigenvalue weighted by Gasteiger charge is -2.06. The van der Waals surface area contributed by atoms with Crippen LogP contribution in [0.1, 0.15) is 16.2 Å². The fourth-order valence-corrected chi connectivity index (χ4v) is 1.99. The van der Waals surface area contributed by atoms with Gasteiger partial charge in [-0.3, -0.25) is 9.48 Å². The molecule has 10 heteroatoms. The van der Waals surface area contributed by atoms with Gasteiger partial charge in [-0.05, 0) is 25.1 Å². The predicted molar refractivity (Wildman–Crippen MR) is 85.7 cm³/mol. The average Bonchev–Trinajstić information content (AvgIpc) is 3.20. The zero-order chi connectivity index (χ0) is 16.9. The lowest BCUT2D eigenvalue weighted by Crippen LogP contribution is -2.29. The Hall–Kier alpha value is -3.30. The van der Waals surface area contributed by atoms with Gasteiger partial charge in [0.1, 0.15) is 5.82 Å². The molecule has 2 N–H and O–H groups in total. The molecule has 0 unspecified atom stereocenters. The van der Waals surface area contributed by atoms with Crippen LogP contribution in [0.2, 0.25) is 0 Å². The van der Waals surface area contributed by atoms with Crippen LogP contribution in [0.5, 0.6) is 0 Å². The zero-order valence-electron chi connectivity index (χ0n) is 13.3. The number of aryl methyl sites for hydroxylation is 2. The van der Waals surface area contributed by atoms with Gasteiger partial charge in [-0.2, -0.15) is 5.10 Å². The van der Waals surface area contributed by atoms with E-state index in [0.29, 0.717) is 24.7 Å². The summed E-state index contributed by atoms with van der Waals surface area (Å²) in [6, 6.07) is 5.53. The molecule has 0 aromatic carbocycles. The number of hydrogen-bond acceptors (Lipinski definition) is 7. The van der Waals surface area contributed by atoms with Gasteiger partial charge >= 0.3 is 0 Å². The summed E-state index contributed by atoms with van der Waals surface area (Å²) in [5.41, 5.74) is 1.20. The van der Waals surface area contributed by atoms with E-state index in [2.05, 4.69) is 36.2 Å². The van der Waals surface area contributed by atoms with Crippen LogP contribution in [0.3, 0.4) is 0 Å². The number of hydrogen-bond donors (Lipinski definition) is 2. The van der Waals surface area contributed by atoms with Crippen molar-refractivity contribution in [1.82, 2.24) is 40.3 Å². The van der Waals surface area contributed by atoms with E-state index in [1.165, 1.54) is 4.68 Å². The van der Waals surface area contributed by atoms with E-state index >= 15 is 0 Å². The monoisotopic (exact) mass is 327 g/mol. The van der Waals surface area contributed by atoms with Gasteiger partial charge in [0.05, 0.1) is 11.9 Å². The first-order valence-electron chi connectivity index (χ1n) is 7.36. The summed E-state index contributed by atoms with van der Waals surface area (Å²) < 4.78 is 3.14. The average molecular weight is 327 g/mol. The fourth-order valence-electron chi connectivity index (χ4n) is 1.99. The largest absolute Gasteiger partial charge is 0.367 e. The molecule has 0 fully saturated rings. The van der Waals surface area contributed by atoms with Gasteiger partial charge in [-0.1, -0.05) is 5.21 Å². The van der Waals surface area contributed by atoms with E-state index in [0.717, 1.165) is 5.69 Å². The van der Waals surface area contributed by atoms with Gasteiger partial charge in [0, 0.05) is 26.3 Å². The van der Waals surface area contributed by atoms with Gasteiger partial charge in [-0.15, -0.1) is 15.3 Å². The Morgan fingerprint density at radius 3 is 2.67 bits per heavy atom. The minimum absolute atomic E-state index is 0.264. The van der Waals surface area contributed by atoms with Gasteiger partial charge < -0.3 is 10.6 Å². The molecule has 124 valence electrons. The molecule has 3 rings (SSSR count). The summed E-state index contributed by atoms with van der Waals surface area (Å²) in [6.07, 6.45) is 3.39. The maximum absolute atomic E-state index is 11.8. The van der Waals surface area contributed by atoms with Crippen LogP contribution in [-0.4, -0.2) is 54.0 Å².